The lowest BCUT2D eigenvalue weighted by Crippen LogP contribution is -2.37. The van der Waals surface area contributed by atoms with Crippen molar-refractivity contribution in [1.29, 1.82) is 0 Å². The molecule has 1 aliphatic rings. The van der Waals surface area contributed by atoms with Crippen LogP contribution in [0.4, 0.5) is 0 Å². The molecule has 4 nitrogen and oxygen atoms in total. The molecule has 2 amide bonds. The van der Waals surface area contributed by atoms with E-state index in [2.05, 4.69) is 0 Å². The number of carbonyl (C=O) groups is 2. The molecule has 1 heterocycles. The van der Waals surface area contributed by atoms with Crippen LogP contribution in [-0.2, 0) is 9.59 Å². The summed E-state index contributed by atoms with van der Waals surface area (Å²) in [5.41, 5.74) is 0. The van der Waals surface area contributed by atoms with Gasteiger partial charge in [0.1, 0.15) is 0 Å². The third-order valence-corrected chi connectivity index (χ3v) is 2.45. The van der Waals surface area contributed by atoms with Crippen LogP contribution in [0.3, 0.4) is 0 Å². The van der Waals surface area contributed by atoms with Gasteiger partial charge in [0.15, 0.2) is 0 Å². The lowest BCUT2D eigenvalue weighted by Gasteiger charge is -2.22. The van der Waals surface area contributed by atoms with E-state index in [9.17, 15) is 14.7 Å². The van der Waals surface area contributed by atoms with Crippen molar-refractivity contribution in [2.75, 3.05) is 6.54 Å². The molecule has 1 rings (SSSR count). The molecular formula is C10H15NO3. The van der Waals surface area contributed by atoms with Crippen molar-refractivity contribution in [2.24, 2.45) is 5.92 Å². The minimum Gasteiger partial charge on any atom is -0.393 e. The minimum atomic E-state index is -0.462. The van der Waals surface area contributed by atoms with Crippen LogP contribution in [0.2, 0.25) is 0 Å². The number of aliphatic hydroxyl groups excluding tert-OH is 1. The van der Waals surface area contributed by atoms with Crippen molar-refractivity contribution >= 4 is 11.8 Å². The van der Waals surface area contributed by atoms with Gasteiger partial charge in [-0.15, -0.1) is 0 Å². The summed E-state index contributed by atoms with van der Waals surface area (Å²) in [6, 6.07) is 0. The molecule has 2 atom stereocenters. The Morgan fingerprint density at radius 3 is 2.29 bits per heavy atom. The number of imide groups is 1. The van der Waals surface area contributed by atoms with Crippen LogP contribution in [0.5, 0.6) is 0 Å². The molecule has 1 N–H and O–H groups in total. The highest BCUT2D eigenvalue weighted by Gasteiger charge is 2.26. The first-order valence-corrected chi connectivity index (χ1v) is 4.77. The second-order valence-corrected chi connectivity index (χ2v) is 3.57. The third-order valence-electron chi connectivity index (χ3n) is 2.45. The number of amides is 2. The summed E-state index contributed by atoms with van der Waals surface area (Å²) < 4.78 is 0. The molecule has 0 aromatic heterocycles. The van der Waals surface area contributed by atoms with Crippen LogP contribution in [0.25, 0.3) is 0 Å². The maximum atomic E-state index is 11.2. The number of hydrogen-bond acceptors (Lipinski definition) is 3. The molecule has 14 heavy (non-hydrogen) atoms. The summed E-state index contributed by atoms with van der Waals surface area (Å²) in [6.07, 6.45) is 2.68. The van der Waals surface area contributed by atoms with Gasteiger partial charge in [0.2, 0.25) is 0 Å². The van der Waals surface area contributed by atoms with Crippen LogP contribution < -0.4 is 0 Å². The quantitative estimate of drug-likeness (QED) is 0.660. The van der Waals surface area contributed by atoms with E-state index in [-0.39, 0.29) is 17.7 Å². The molecule has 0 saturated heterocycles. The Labute approximate surface area is 83.2 Å². The predicted octanol–water partition coefficient (Wildman–Crippen LogP) is 0.318. The Morgan fingerprint density at radius 1 is 1.36 bits per heavy atom. The second-order valence-electron chi connectivity index (χ2n) is 3.57. The number of aliphatic hydroxyl groups is 1. The molecule has 4 heteroatoms. The second kappa shape index (κ2) is 4.37. The first-order valence-electron chi connectivity index (χ1n) is 4.77. The summed E-state index contributed by atoms with van der Waals surface area (Å²) in [6.45, 7) is 3.99. The Hall–Kier alpha value is -1.16. The van der Waals surface area contributed by atoms with E-state index in [4.69, 9.17) is 0 Å². The molecule has 0 aromatic carbocycles. The number of carbonyl (C=O) groups excluding carboxylic acids is 2. The molecule has 0 bridgehead atoms. The van der Waals surface area contributed by atoms with E-state index in [1.807, 2.05) is 13.8 Å². The van der Waals surface area contributed by atoms with E-state index >= 15 is 0 Å². The summed E-state index contributed by atoms with van der Waals surface area (Å²) in [5.74, 6) is -0.650. The van der Waals surface area contributed by atoms with Gasteiger partial charge in [-0.1, -0.05) is 13.8 Å². The summed E-state index contributed by atoms with van der Waals surface area (Å²) in [4.78, 5) is 23.5. The zero-order chi connectivity index (χ0) is 10.7. The Kier molecular flexibility index (Phi) is 3.41. The van der Waals surface area contributed by atoms with Crippen LogP contribution in [0, 0.1) is 5.92 Å². The lowest BCUT2D eigenvalue weighted by molar-refractivity contribution is -0.138. The number of nitrogens with zero attached hydrogens (tertiary/aromatic N) is 1. The van der Waals surface area contributed by atoms with Gasteiger partial charge < -0.3 is 5.11 Å². The van der Waals surface area contributed by atoms with Crippen LogP contribution in [-0.4, -0.2) is 34.5 Å². The molecule has 0 fully saturated rings. The van der Waals surface area contributed by atoms with Crippen molar-refractivity contribution in [3.05, 3.63) is 12.2 Å². The molecule has 0 aromatic rings. The highest BCUT2D eigenvalue weighted by Crippen LogP contribution is 2.12. The van der Waals surface area contributed by atoms with E-state index in [0.29, 0.717) is 13.0 Å². The van der Waals surface area contributed by atoms with Gasteiger partial charge in [-0.3, -0.25) is 14.5 Å². The third kappa shape index (κ3) is 2.20. The lowest BCUT2D eigenvalue weighted by atomic mass is 10.0. The van der Waals surface area contributed by atoms with E-state index in [1.54, 1.807) is 0 Å². The molecule has 78 valence electrons. The fourth-order valence-electron chi connectivity index (χ4n) is 1.42. The van der Waals surface area contributed by atoms with Crippen molar-refractivity contribution < 1.29 is 14.7 Å². The Bertz CT molecular complexity index is 255. The van der Waals surface area contributed by atoms with Gasteiger partial charge in [-0.25, -0.2) is 0 Å². The zero-order valence-corrected chi connectivity index (χ0v) is 8.43. The van der Waals surface area contributed by atoms with Gasteiger partial charge in [0.25, 0.3) is 11.8 Å². The molecule has 1 aliphatic heterocycles. The van der Waals surface area contributed by atoms with Gasteiger partial charge in [-0.2, -0.15) is 0 Å². The minimum absolute atomic E-state index is 0.0761. The average molecular weight is 197 g/mol. The SMILES string of the molecule is CCC(O)C(C)CN1C(=O)C=CC1=O. The fourth-order valence-corrected chi connectivity index (χ4v) is 1.42. The molecule has 0 spiro atoms. The fraction of sp³-hybridized carbons (Fsp3) is 0.600. The van der Waals surface area contributed by atoms with Crippen LogP contribution in [0.1, 0.15) is 20.3 Å². The zero-order valence-electron chi connectivity index (χ0n) is 8.43. The Morgan fingerprint density at radius 2 is 1.86 bits per heavy atom. The standard InChI is InChI=1S/C10H15NO3/c1-3-8(12)7(2)6-11-9(13)4-5-10(11)14/h4-5,7-8,12H,3,6H2,1-2H3. The average Bonchev–Trinajstić information content (AvgIpc) is 2.48. The first-order chi connectivity index (χ1) is 6.56. The molecule has 0 aliphatic carbocycles. The van der Waals surface area contributed by atoms with Crippen molar-refractivity contribution in [3.63, 3.8) is 0 Å². The molecule has 2 unspecified atom stereocenters. The van der Waals surface area contributed by atoms with Crippen molar-refractivity contribution in [3.8, 4) is 0 Å². The maximum Gasteiger partial charge on any atom is 0.253 e. The van der Waals surface area contributed by atoms with Crippen molar-refractivity contribution in [2.45, 2.75) is 26.4 Å². The summed E-state index contributed by atoms with van der Waals surface area (Å²) in [7, 11) is 0. The van der Waals surface area contributed by atoms with E-state index in [0.717, 1.165) is 4.90 Å². The molecular weight excluding hydrogens is 182 g/mol. The smallest absolute Gasteiger partial charge is 0.253 e. The van der Waals surface area contributed by atoms with Crippen LogP contribution >= 0.6 is 0 Å². The summed E-state index contributed by atoms with van der Waals surface area (Å²) in [5, 5.41) is 9.49. The van der Waals surface area contributed by atoms with Crippen LogP contribution in [0.15, 0.2) is 12.2 Å². The normalized spacial score (nSPS) is 20.4. The number of hydrogen-bond donors (Lipinski definition) is 1. The van der Waals surface area contributed by atoms with E-state index in [1.165, 1.54) is 12.2 Å². The monoisotopic (exact) mass is 197 g/mol. The van der Waals surface area contributed by atoms with Gasteiger partial charge in [0, 0.05) is 24.6 Å². The summed E-state index contributed by atoms with van der Waals surface area (Å²) >= 11 is 0. The topological polar surface area (TPSA) is 57.6 Å². The largest absolute Gasteiger partial charge is 0.393 e. The number of rotatable bonds is 4. The van der Waals surface area contributed by atoms with Gasteiger partial charge in [0.05, 0.1) is 6.10 Å². The molecule has 0 saturated carbocycles. The Balaban J connectivity index is 2.52. The highest BCUT2D eigenvalue weighted by molar-refractivity contribution is 6.12. The van der Waals surface area contributed by atoms with E-state index < -0.39 is 6.10 Å². The first kappa shape index (κ1) is 10.9. The van der Waals surface area contributed by atoms with Gasteiger partial charge >= 0.3 is 0 Å². The van der Waals surface area contributed by atoms with Crippen molar-refractivity contribution in [1.82, 2.24) is 4.90 Å². The maximum absolute atomic E-state index is 11.2. The molecule has 0 radical (unpaired) electrons. The predicted molar refractivity (Wildman–Crippen MR) is 51.3 cm³/mol. The highest BCUT2D eigenvalue weighted by atomic mass is 16.3. The van der Waals surface area contributed by atoms with Gasteiger partial charge in [-0.05, 0) is 6.42 Å².